The summed E-state index contributed by atoms with van der Waals surface area (Å²) in [6.45, 7) is 5.19. The highest BCUT2D eigenvalue weighted by atomic mass is 32.2. The van der Waals surface area contributed by atoms with Crippen molar-refractivity contribution in [1.29, 1.82) is 0 Å². The van der Waals surface area contributed by atoms with Gasteiger partial charge in [0, 0.05) is 28.7 Å². The first-order chi connectivity index (χ1) is 5.63. The molecule has 0 aliphatic carbocycles. The molecule has 3 unspecified atom stereocenters. The van der Waals surface area contributed by atoms with E-state index in [0.717, 1.165) is 6.42 Å². The minimum atomic E-state index is -0.838. The molecule has 1 rings (SSSR count). The molecule has 0 saturated carbocycles. The Kier molecular flexibility index (Phi) is 3.68. The minimum Gasteiger partial charge on any atom is -0.380 e. The summed E-state index contributed by atoms with van der Waals surface area (Å²) in [5.41, 5.74) is 5.84. The maximum Gasteiger partial charge on any atom is 0.0735 e. The highest BCUT2D eigenvalue weighted by Gasteiger charge is 2.29. The van der Waals surface area contributed by atoms with E-state index in [1.54, 1.807) is 0 Å². The van der Waals surface area contributed by atoms with Crippen LogP contribution in [0.25, 0.3) is 0 Å². The second-order valence-electron chi connectivity index (χ2n) is 3.44. The van der Waals surface area contributed by atoms with Crippen LogP contribution in [0.15, 0.2) is 0 Å². The summed E-state index contributed by atoms with van der Waals surface area (Å²) in [5.74, 6) is 0. The van der Waals surface area contributed by atoms with E-state index in [2.05, 4.69) is 0 Å². The molecular formula is C8H17NO2S. The zero-order valence-corrected chi connectivity index (χ0v) is 8.47. The van der Waals surface area contributed by atoms with E-state index in [1.807, 2.05) is 13.8 Å². The standard InChI is InChI=1S/C8H17NO2S/c1-6(2)12(10)8-5-11-4-3-7(8)9/h6-8H,3-5,9H2,1-2H3. The first-order valence-electron chi connectivity index (χ1n) is 4.35. The van der Waals surface area contributed by atoms with Gasteiger partial charge in [0.2, 0.25) is 0 Å². The Labute approximate surface area is 76.1 Å². The van der Waals surface area contributed by atoms with Crippen LogP contribution in [0.3, 0.4) is 0 Å². The lowest BCUT2D eigenvalue weighted by Gasteiger charge is -2.29. The van der Waals surface area contributed by atoms with E-state index in [0.29, 0.717) is 13.2 Å². The second-order valence-corrected chi connectivity index (χ2v) is 5.65. The van der Waals surface area contributed by atoms with Gasteiger partial charge < -0.3 is 10.5 Å². The molecule has 72 valence electrons. The molecule has 0 amide bonds. The maximum absolute atomic E-state index is 11.7. The zero-order chi connectivity index (χ0) is 9.14. The smallest absolute Gasteiger partial charge is 0.0735 e. The van der Waals surface area contributed by atoms with Crippen LogP contribution >= 0.6 is 0 Å². The predicted octanol–water partition coefficient (Wildman–Crippen LogP) is 0.260. The van der Waals surface area contributed by atoms with Gasteiger partial charge in [0.1, 0.15) is 0 Å². The molecule has 0 bridgehead atoms. The van der Waals surface area contributed by atoms with Crippen LogP contribution in [-0.2, 0) is 15.5 Å². The predicted molar refractivity (Wildman–Crippen MR) is 50.5 cm³/mol. The number of ether oxygens (including phenoxy) is 1. The van der Waals surface area contributed by atoms with Crippen LogP contribution in [0.5, 0.6) is 0 Å². The van der Waals surface area contributed by atoms with Gasteiger partial charge in [-0.2, -0.15) is 0 Å². The third-order valence-electron chi connectivity index (χ3n) is 2.12. The van der Waals surface area contributed by atoms with E-state index in [1.165, 1.54) is 0 Å². The van der Waals surface area contributed by atoms with Gasteiger partial charge in [-0.05, 0) is 6.42 Å². The van der Waals surface area contributed by atoms with Gasteiger partial charge in [-0.3, -0.25) is 4.21 Å². The molecule has 0 aromatic heterocycles. The lowest BCUT2D eigenvalue weighted by molar-refractivity contribution is 0.0902. The second kappa shape index (κ2) is 4.35. The van der Waals surface area contributed by atoms with Crippen molar-refractivity contribution in [3.63, 3.8) is 0 Å². The van der Waals surface area contributed by atoms with Crippen LogP contribution in [0.1, 0.15) is 20.3 Å². The molecule has 1 aliphatic heterocycles. The number of nitrogens with two attached hydrogens (primary N) is 1. The van der Waals surface area contributed by atoms with E-state index in [4.69, 9.17) is 10.5 Å². The fraction of sp³-hybridized carbons (Fsp3) is 1.00. The third-order valence-corrected chi connectivity index (χ3v) is 4.13. The average Bonchev–Trinajstić information content (AvgIpc) is 2.04. The first kappa shape index (κ1) is 10.2. The SMILES string of the molecule is CC(C)S(=O)C1COCCC1N. The molecule has 1 fully saturated rings. The Morgan fingerprint density at radius 1 is 1.58 bits per heavy atom. The fourth-order valence-electron chi connectivity index (χ4n) is 1.32. The van der Waals surface area contributed by atoms with Gasteiger partial charge in [0.25, 0.3) is 0 Å². The van der Waals surface area contributed by atoms with Crippen molar-refractivity contribution in [1.82, 2.24) is 0 Å². The lowest BCUT2D eigenvalue weighted by Crippen LogP contribution is -2.47. The van der Waals surface area contributed by atoms with Crippen molar-refractivity contribution in [3.05, 3.63) is 0 Å². The minimum absolute atomic E-state index is 0.0405. The summed E-state index contributed by atoms with van der Waals surface area (Å²) < 4.78 is 16.9. The van der Waals surface area contributed by atoms with E-state index >= 15 is 0 Å². The molecule has 0 aromatic carbocycles. The molecule has 1 saturated heterocycles. The van der Waals surface area contributed by atoms with Gasteiger partial charge in [-0.1, -0.05) is 13.8 Å². The Morgan fingerprint density at radius 3 is 2.75 bits per heavy atom. The van der Waals surface area contributed by atoms with E-state index in [9.17, 15) is 4.21 Å². The summed E-state index contributed by atoms with van der Waals surface area (Å²) in [6.07, 6.45) is 0.836. The van der Waals surface area contributed by atoms with Gasteiger partial charge in [-0.15, -0.1) is 0 Å². The summed E-state index contributed by atoms with van der Waals surface area (Å²) >= 11 is 0. The highest BCUT2D eigenvalue weighted by Crippen LogP contribution is 2.14. The van der Waals surface area contributed by atoms with Crippen LogP contribution in [-0.4, -0.2) is 34.0 Å². The highest BCUT2D eigenvalue weighted by molar-refractivity contribution is 7.86. The number of hydrogen-bond acceptors (Lipinski definition) is 3. The molecular weight excluding hydrogens is 174 g/mol. The van der Waals surface area contributed by atoms with Crippen molar-refractivity contribution in [2.45, 2.75) is 36.8 Å². The quantitative estimate of drug-likeness (QED) is 0.681. The van der Waals surface area contributed by atoms with E-state index in [-0.39, 0.29) is 16.5 Å². The Morgan fingerprint density at radius 2 is 2.25 bits per heavy atom. The molecule has 3 nitrogen and oxygen atoms in total. The molecule has 4 heteroatoms. The summed E-state index contributed by atoms with van der Waals surface area (Å²) in [7, 11) is -0.838. The van der Waals surface area contributed by atoms with Crippen LogP contribution in [0.2, 0.25) is 0 Å². The van der Waals surface area contributed by atoms with Crippen molar-refractivity contribution in [2.24, 2.45) is 5.73 Å². The van der Waals surface area contributed by atoms with Gasteiger partial charge >= 0.3 is 0 Å². The molecule has 1 aliphatic rings. The molecule has 12 heavy (non-hydrogen) atoms. The maximum atomic E-state index is 11.7. The van der Waals surface area contributed by atoms with Crippen molar-refractivity contribution >= 4 is 10.8 Å². The summed E-state index contributed by atoms with van der Waals surface area (Å²) in [6, 6.07) is 0.0574. The zero-order valence-electron chi connectivity index (χ0n) is 7.66. The lowest BCUT2D eigenvalue weighted by atomic mass is 10.1. The van der Waals surface area contributed by atoms with Crippen molar-refractivity contribution in [3.8, 4) is 0 Å². The van der Waals surface area contributed by atoms with Gasteiger partial charge in [0.15, 0.2) is 0 Å². The largest absolute Gasteiger partial charge is 0.380 e. The Balaban J connectivity index is 2.53. The van der Waals surface area contributed by atoms with Crippen molar-refractivity contribution in [2.75, 3.05) is 13.2 Å². The average molecular weight is 191 g/mol. The Hall–Kier alpha value is 0.0700. The monoisotopic (exact) mass is 191 g/mol. The molecule has 1 heterocycles. The van der Waals surface area contributed by atoms with Crippen LogP contribution in [0, 0.1) is 0 Å². The normalized spacial score (nSPS) is 33.7. The van der Waals surface area contributed by atoms with Gasteiger partial charge in [-0.25, -0.2) is 0 Å². The van der Waals surface area contributed by atoms with Crippen LogP contribution in [0.4, 0.5) is 0 Å². The molecule has 2 N–H and O–H groups in total. The van der Waals surface area contributed by atoms with E-state index < -0.39 is 10.8 Å². The molecule has 3 atom stereocenters. The first-order valence-corrected chi connectivity index (χ1v) is 5.63. The number of rotatable bonds is 2. The topological polar surface area (TPSA) is 52.3 Å². The van der Waals surface area contributed by atoms with Crippen LogP contribution < -0.4 is 5.73 Å². The summed E-state index contributed by atoms with van der Waals surface area (Å²) in [5, 5.41) is 0.224. The third kappa shape index (κ3) is 2.28. The van der Waals surface area contributed by atoms with Gasteiger partial charge in [0.05, 0.1) is 11.9 Å². The molecule has 0 radical (unpaired) electrons. The number of hydrogen-bond donors (Lipinski definition) is 1. The summed E-state index contributed by atoms with van der Waals surface area (Å²) in [4.78, 5) is 0. The fourth-order valence-corrected chi connectivity index (χ4v) is 2.73. The Bertz CT molecular complexity index is 172. The molecule has 0 spiro atoms. The van der Waals surface area contributed by atoms with Crippen molar-refractivity contribution < 1.29 is 8.95 Å². The molecule has 0 aromatic rings.